The van der Waals surface area contributed by atoms with E-state index in [1.54, 1.807) is 19.0 Å². The number of piperidine rings is 1. The van der Waals surface area contributed by atoms with Gasteiger partial charge >= 0.3 is 0 Å². The molecule has 0 aliphatic carbocycles. The molecule has 2 N–H and O–H groups in total. The number of hydrogen-bond acceptors (Lipinski definition) is 4. The fraction of sp³-hybridized carbons (Fsp3) is 0.435. The molecule has 1 fully saturated rings. The molecule has 0 atom stereocenters. The number of pyridine rings is 1. The third kappa shape index (κ3) is 8.35. The van der Waals surface area contributed by atoms with Crippen LogP contribution in [-0.2, 0) is 11.2 Å². The largest absolute Gasteiger partial charge is 0.356 e. The summed E-state index contributed by atoms with van der Waals surface area (Å²) in [6.45, 7) is 2.80. The van der Waals surface area contributed by atoms with Crippen molar-refractivity contribution in [3.8, 4) is 0 Å². The fourth-order valence-corrected chi connectivity index (χ4v) is 3.40. The number of carbonyl (C=O) groups is 1. The van der Waals surface area contributed by atoms with Crippen molar-refractivity contribution in [3.05, 3.63) is 60.3 Å². The standard InChI is InChI=1S/C23H32N6O.HI/c1-28(2)22(30)18-26-23(25-15-11-19-8-4-3-5-9-19)27-20-12-16-29(17-13-20)21-10-6-7-14-24-21;/h3-10,14,20H,11-13,15-18H2,1-2H3,(H2,25,26,27);1H. The normalized spacial score (nSPS) is 14.5. The van der Waals surface area contributed by atoms with Gasteiger partial charge in [-0.25, -0.2) is 9.98 Å². The maximum absolute atomic E-state index is 12.0. The number of guanidine groups is 1. The molecule has 1 aromatic carbocycles. The van der Waals surface area contributed by atoms with Gasteiger partial charge in [-0.2, -0.15) is 0 Å². The van der Waals surface area contributed by atoms with Gasteiger partial charge in [0, 0.05) is 46.0 Å². The Bertz CT molecular complexity index is 807. The molecule has 0 saturated carbocycles. The first-order valence-corrected chi connectivity index (χ1v) is 10.6. The van der Waals surface area contributed by atoms with Crippen LogP contribution < -0.4 is 15.5 Å². The first kappa shape index (κ1) is 24.9. The Kier molecular flexibility index (Phi) is 10.6. The molecule has 1 aliphatic heterocycles. The molecule has 1 aliphatic rings. The molecule has 0 bridgehead atoms. The van der Waals surface area contributed by atoms with Crippen LogP contribution in [0.25, 0.3) is 0 Å². The lowest BCUT2D eigenvalue weighted by Gasteiger charge is -2.33. The van der Waals surface area contributed by atoms with Crippen LogP contribution in [0.1, 0.15) is 18.4 Å². The van der Waals surface area contributed by atoms with E-state index in [9.17, 15) is 4.79 Å². The van der Waals surface area contributed by atoms with E-state index in [4.69, 9.17) is 0 Å². The van der Waals surface area contributed by atoms with E-state index in [0.29, 0.717) is 12.0 Å². The van der Waals surface area contributed by atoms with E-state index in [1.165, 1.54) is 5.56 Å². The van der Waals surface area contributed by atoms with Crippen LogP contribution in [0, 0.1) is 0 Å². The number of carbonyl (C=O) groups excluding carboxylic acids is 1. The number of rotatable bonds is 7. The van der Waals surface area contributed by atoms with E-state index in [-0.39, 0.29) is 36.4 Å². The SMILES string of the molecule is CN(C)C(=O)CN=C(NCCc1ccccc1)NC1CCN(c2ccccn2)CC1.I. The maximum atomic E-state index is 12.0. The summed E-state index contributed by atoms with van der Waals surface area (Å²) in [6.07, 6.45) is 4.74. The minimum absolute atomic E-state index is 0. The fourth-order valence-electron chi connectivity index (χ4n) is 3.40. The molecule has 2 aromatic rings. The zero-order chi connectivity index (χ0) is 21.2. The summed E-state index contributed by atoms with van der Waals surface area (Å²) in [7, 11) is 3.50. The van der Waals surface area contributed by atoms with E-state index in [2.05, 4.69) is 43.7 Å². The molecule has 0 unspecified atom stereocenters. The highest BCUT2D eigenvalue weighted by molar-refractivity contribution is 14.0. The summed E-state index contributed by atoms with van der Waals surface area (Å²) in [5, 5.41) is 6.92. The average Bonchev–Trinajstić information content (AvgIpc) is 2.79. The van der Waals surface area contributed by atoms with Gasteiger partial charge in [-0.3, -0.25) is 4.79 Å². The van der Waals surface area contributed by atoms with Crippen molar-refractivity contribution in [2.45, 2.75) is 25.3 Å². The van der Waals surface area contributed by atoms with E-state index < -0.39 is 0 Å². The van der Waals surface area contributed by atoms with Gasteiger partial charge in [-0.05, 0) is 37.0 Å². The molecular formula is C23H33IN6O. The van der Waals surface area contributed by atoms with Gasteiger partial charge in [0.2, 0.25) is 5.91 Å². The number of likely N-dealkylation sites (N-methyl/N-ethyl adjacent to an activating group) is 1. The molecule has 1 amide bonds. The summed E-state index contributed by atoms with van der Waals surface area (Å²) in [6, 6.07) is 16.7. The van der Waals surface area contributed by atoms with Crippen molar-refractivity contribution in [1.29, 1.82) is 0 Å². The third-order valence-electron chi connectivity index (χ3n) is 5.23. The topological polar surface area (TPSA) is 72.9 Å². The van der Waals surface area contributed by atoms with E-state index in [0.717, 1.165) is 44.7 Å². The molecule has 1 aromatic heterocycles. The zero-order valence-electron chi connectivity index (χ0n) is 18.3. The van der Waals surface area contributed by atoms with Gasteiger partial charge in [0.05, 0.1) is 0 Å². The highest BCUT2D eigenvalue weighted by Gasteiger charge is 2.21. The van der Waals surface area contributed by atoms with Gasteiger partial charge in [0.1, 0.15) is 12.4 Å². The minimum Gasteiger partial charge on any atom is -0.356 e. The number of nitrogens with one attached hydrogen (secondary N) is 2. The zero-order valence-corrected chi connectivity index (χ0v) is 20.7. The lowest BCUT2D eigenvalue weighted by atomic mass is 10.1. The first-order chi connectivity index (χ1) is 14.6. The Balaban J connectivity index is 0.00000341. The van der Waals surface area contributed by atoms with Crippen molar-refractivity contribution < 1.29 is 4.79 Å². The molecule has 0 spiro atoms. The molecular weight excluding hydrogens is 503 g/mol. The Hall–Kier alpha value is -2.36. The molecule has 2 heterocycles. The number of aromatic nitrogens is 1. The summed E-state index contributed by atoms with van der Waals surface area (Å²) < 4.78 is 0. The highest BCUT2D eigenvalue weighted by Crippen LogP contribution is 2.17. The van der Waals surface area contributed by atoms with E-state index in [1.807, 2.05) is 36.5 Å². The number of amides is 1. The number of anilines is 1. The van der Waals surface area contributed by atoms with Gasteiger partial charge in [-0.1, -0.05) is 36.4 Å². The molecule has 0 radical (unpaired) electrons. The summed E-state index contributed by atoms with van der Waals surface area (Å²) in [5.41, 5.74) is 1.28. The van der Waals surface area contributed by atoms with Crippen LogP contribution in [0.15, 0.2) is 59.7 Å². The smallest absolute Gasteiger partial charge is 0.243 e. The van der Waals surface area contributed by atoms with Crippen molar-refractivity contribution in [2.75, 3.05) is 45.2 Å². The highest BCUT2D eigenvalue weighted by atomic mass is 127. The molecule has 168 valence electrons. The maximum Gasteiger partial charge on any atom is 0.243 e. The van der Waals surface area contributed by atoms with Crippen molar-refractivity contribution in [1.82, 2.24) is 20.5 Å². The molecule has 1 saturated heterocycles. The monoisotopic (exact) mass is 536 g/mol. The van der Waals surface area contributed by atoms with Crippen LogP contribution >= 0.6 is 24.0 Å². The quantitative estimate of drug-likeness (QED) is 0.324. The average molecular weight is 536 g/mol. The van der Waals surface area contributed by atoms with Crippen LogP contribution in [-0.4, -0.2) is 68.1 Å². The number of nitrogens with zero attached hydrogens (tertiary/aromatic N) is 4. The summed E-state index contributed by atoms with van der Waals surface area (Å²) in [5.74, 6) is 1.73. The predicted octanol–water partition coefficient (Wildman–Crippen LogP) is 2.53. The Morgan fingerprint density at radius 3 is 2.48 bits per heavy atom. The lowest BCUT2D eigenvalue weighted by molar-refractivity contribution is -0.127. The molecule has 3 rings (SSSR count). The number of halogens is 1. The second kappa shape index (κ2) is 13.1. The molecule has 7 nitrogen and oxygen atoms in total. The first-order valence-electron chi connectivity index (χ1n) is 10.6. The molecule has 31 heavy (non-hydrogen) atoms. The predicted molar refractivity (Wildman–Crippen MR) is 137 cm³/mol. The Labute approximate surface area is 202 Å². The second-order valence-electron chi connectivity index (χ2n) is 7.71. The van der Waals surface area contributed by atoms with Crippen LogP contribution in [0.4, 0.5) is 5.82 Å². The van der Waals surface area contributed by atoms with Crippen LogP contribution in [0.3, 0.4) is 0 Å². The van der Waals surface area contributed by atoms with Gasteiger partial charge < -0.3 is 20.4 Å². The van der Waals surface area contributed by atoms with Gasteiger partial charge in [-0.15, -0.1) is 24.0 Å². The van der Waals surface area contributed by atoms with Crippen LogP contribution in [0.2, 0.25) is 0 Å². The number of benzene rings is 1. The Morgan fingerprint density at radius 1 is 1.13 bits per heavy atom. The van der Waals surface area contributed by atoms with Gasteiger partial charge in [0.25, 0.3) is 0 Å². The molecule has 8 heteroatoms. The van der Waals surface area contributed by atoms with Gasteiger partial charge in [0.15, 0.2) is 5.96 Å². The number of aliphatic imine (C=N–C) groups is 1. The van der Waals surface area contributed by atoms with Crippen molar-refractivity contribution in [2.24, 2.45) is 4.99 Å². The third-order valence-corrected chi connectivity index (χ3v) is 5.23. The van der Waals surface area contributed by atoms with Crippen molar-refractivity contribution >= 4 is 41.7 Å². The number of hydrogen-bond donors (Lipinski definition) is 2. The minimum atomic E-state index is -0.0101. The summed E-state index contributed by atoms with van der Waals surface area (Å²) >= 11 is 0. The Morgan fingerprint density at radius 2 is 1.84 bits per heavy atom. The second-order valence-corrected chi connectivity index (χ2v) is 7.71. The van der Waals surface area contributed by atoms with Crippen LogP contribution in [0.5, 0.6) is 0 Å². The lowest BCUT2D eigenvalue weighted by Crippen LogP contribution is -2.49. The summed E-state index contributed by atoms with van der Waals surface area (Å²) in [4.78, 5) is 24.8. The van der Waals surface area contributed by atoms with E-state index >= 15 is 0 Å². The van der Waals surface area contributed by atoms with Crippen molar-refractivity contribution in [3.63, 3.8) is 0 Å².